The highest BCUT2D eigenvalue weighted by atomic mass is 127. The second-order valence-corrected chi connectivity index (χ2v) is 5.64. The predicted octanol–water partition coefficient (Wildman–Crippen LogP) is 3.59. The Labute approximate surface area is 152 Å². The maximum atomic E-state index is 5.70. The lowest BCUT2D eigenvalue weighted by Gasteiger charge is -2.13. The van der Waals surface area contributed by atoms with Crippen molar-refractivity contribution in [3.05, 3.63) is 29.8 Å². The number of hydrogen-bond acceptors (Lipinski definition) is 2. The molecular formula is C17H30IN3O. The fourth-order valence-corrected chi connectivity index (χ4v) is 1.78. The molecule has 0 aliphatic carbocycles. The molecule has 22 heavy (non-hydrogen) atoms. The number of rotatable bonds is 8. The van der Waals surface area contributed by atoms with E-state index in [4.69, 9.17) is 4.74 Å². The molecule has 0 fully saturated rings. The molecule has 1 aromatic carbocycles. The first kappa shape index (κ1) is 21.0. The third-order valence-corrected chi connectivity index (χ3v) is 3.05. The van der Waals surface area contributed by atoms with Crippen LogP contribution in [0.2, 0.25) is 0 Å². The third-order valence-electron chi connectivity index (χ3n) is 3.05. The summed E-state index contributed by atoms with van der Waals surface area (Å²) < 4.78 is 5.70. The summed E-state index contributed by atoms with van der Waals surface area (Å²) in [5, 5.41) is 6.61. The van der Waals surface area contributed by atoms with E-state index in [1.165, 1.54) is 5.56 Å². The van der Waals surface area contributed by atoms with Gasteiger partial charge in [0.1, 0.15) is 5.75 Å². The van der Waals surface area contributed by atoms with Gasteiger partial charge in [0.15, 0.2) is 5.96 Å². The minimum Gasteiger partial charge on any atom is -0.494 e. The molecule has 1 rings (SSSR count). The van der Waals surface area contributed by atoms with Gasteiger partial charge in [-0.05, 0) is 37.8 Å². The van der Waals surface area contributed by atoms with E-state index in [0.29, 0.717) is 5.92 Å². The summed E-state index contributed by atoms with van der Waals surface area (Å²) in [6.07, 6.45) is 2.09. The maximum Gasteiger partial charge on any atom is 0.190 e. The Kier molecular flexibility index (Phi) is 12.0. The van der Waals surface area contributed by atoms with Crippen molar-refractivity contribution in [1.29, 1.82) is 0 Å². The van der Waals surface area contributed by atoms with Crippen molar-refractivity contribution in [1.82, 2.24) is 10.6 Å². The average Bonchev–Trinajstić information content (AvgIpc) is 2.47. The molecule has 0 radical (unpaired) electrons. The van der Waals surface area contributed by atoms with Crippen LogP contribution in [-0.2, 0) is 0 Å². The van der Waals surface area contributed by atoms with E-state index in [2.05, 4.69) is 48.5 Å². The third kappa shape index (κ3) is 9.87. The molecule has 0 amide bonds. The lowest BCUT2D eigenvalue weighted by molar-refractivity contribution is 0.307. The van der Waals surface area contributed by atoms with Crippen molar-refractivity contribution in [2.75, 3.05) is 26.7 Å². The molecule has 0 aliphatic heterocycles. The van der Waals surface area contributed by atoms with Crippen LogP contribution in [0.15, 0.2) is 29.3 Å². The molecule has 2 N–H and O–H groups in total. The highest BCUT2D eigenvalue weighted by Crippen LogP contribution is 2.11. The van der Waals surface area contributed by atoms with Crippen LogP contribution in [0.4, 0.5) is 0 Å². The van der Waals surface area contributed by atoms with Gasteiger partial charge in [-0.2, -0.15) is 0 Å². The van der Waals surface area contributed by atoms with Crippen LogP contribution < -0.4 is 15.4 Å². The number of nitrogens with zero attached hydrogens (tertiary/aromatic N) is 1. The van der Waals surface area contributed by atoms with Gasteiger partial charge in [0.25, 0.3) is 0 Å². The Morgan fingerprint density at radius 3 is 2.41 bits per heavy atom. The van der Waals surface area contributed by atoms with Gasteiger partial charge in [0.05, 0.1) is 6.61 Å². The van der Waals surface area contributed by atoms with E-state index in [0.717, 1.165) is 44.2 Å². The topological polar surface area (TPSA) is 45.7 Å². The smallest absolute Gasteiger partial charge is 0.190 e. The van der Waals surface area contributed by atoms with Crippen molar-refractivity contribution in [2.24, 2.45) is 10.9 Å². The Hall–Kier alpha value is -0.980. The lowest BCUT2D eigenvalue weighted by Crippen LogP contribution is -2.39. The molecule has 0 atom stereocenters. The van der Waals surface area contributed by atoms with E-state index >= 15 is 0 Å². The number of aryl methyl sites for hydroxylation is 1. The summed E-state index contributed by atoms with van der Waals surface area (Å²) >= 11 is 0. The highest BCUT2D eigenvalue weighted by molar-refractivity contribution is 14.0. The van der Waals surface area contributed by atoms with Crippen molar-refractivity contribution in [3.8, 4) is 5.75 Å². The van der Waals surface area contributed by atoms with Gasteiger partial charge in [0.2, 0.25) is 0 Å². The van der Waals surface area contributed by atoms with E-state index in [-0.39, 0.29) is 24.0 Å². The van der Waals surface area contributed by atoms with E-state index in [1.807, 2.05) is 12.1 Å². The minimum absolute atomic E-state index is 0. The van der Waals surface area contributed by atoms with Crippen LogP contribution in [0, 0.1) is 12.8 Å². The fourth-order valence-electron chi connectivity index (χ4n) is 1.78. The van der Waals surface area contributed by atoms with E-state index in [1.54, 1.807) is 7.05 Å². The summed E-state index contributed by atoms with van der Waals surface area (Å²) in [6.45, 7) is 9.05. The largest absolute Gasteiger partial charge is 0.494 e. The van der Waals surface area contributed by atoms with Crippen molar-refractivity contribution >= 4 is 29.9 Å². The first-order chi connectivity index (χ1) is 10.1. The standard InChI is InChI=1S/C17H29N3O.HI/c1-14(2)13-20-17(18-4)19-11-5-6-12-21-16-9-7-15(3)8-10-16;/h7-10,14H,5-6,11-13H2,1-4H3,(H2,18,19,20);1H. The summed E-state index contributed by atoms with van der Waals surface area (Å²) in [4.78, 5) is 4.20. The van der Waals surface area contributed by atoms with Crippen LogP contribution in [0.3, 0.4) is 0 Å². The Bertz CT molecular complexity index is 418. The Balaban J connectivity index is 0.00000441. The number of aliphatic imine (C=N–C) groups is 1. The molecule has 0 saturated heterocycles. The Morgan fingerprint density at radius 1 is 1.14 bits per heavy atom. The highest BCUT2D eigenvalue weighted by Gasteiger charge is 1.99. The molecule has 1 aromatic rings. The molecule has 0 saturated carbocycles. The zero-order valence-electron chi connectivity index (χ0n) is 14.2. The molecule has 0 aliphatic rings. The lowest BCUT2D eigenvalue weighted by atomic mass is 10.2. The summed E-state index contributed by atoms with van der Waals surface area (Å²) in [5.41, 5.74) is 1.26. The second-order valence-electron chi connectivity index (χ2n) is 5.64. The van der Waals surface area contributed by atoms with E-state index < -0.39 is 0 Å². The number of halogens is 1. The normalized spacial score (nSPS) is 11.0. The van der Waals surface area contributed by atoms with Crippen LogP contribution in [-0.4, -0.2) is 32.7 Å². The van der Waals surface area contributed by atoms with Gasteiger partial charge in [-0.25, -0.2) is 0 Å². The van der Waals surface area contributed by atoms with Gasteiger partial charge in [-0.3, -0.25) is 4.99 Å². The first-order valence-corrected chi connectivity index (χ1v) is 7.76. The molecule has 5 heteroatoms. The quantitative estimate of drug-likeness (QED) is 0.293. The Morgan fingerprint density at radius 2 is 1.82 bits per heavy atom. The molecule has 0 aromatic heterocycles. The average molecular weight is 419 g/mol. The molecule has 4 nitrogen and oxygen atoms in total. The van der Waals surface area contributed by atoms with Crippen molar-refractivity contribution in [2.45, 2.75) is 33.6 Å². The van der Waals surface area contributed by atoms with Crippen LogP contribution in [0.25, 0.3) is 0 Å². The number of unbranched alkanes of at least 4 members (excludes halogenated alkanes) is 1. The van der Waals surface area contributed by atoms with Gasteiger partial charge >= 0.3 is 0 Å². The maximum absolute atomic E-state index is 5.70. The molecule has 126 valence electrons. The zero-order chi connectivity index (χ0) is 15.5. The molecule has 0 heterocycles. The summed E-state index contributed by atoms with van der Waals surface area (Å²) in [6, 6.07) is 8.18. The molecule has 0 unspecified atom stereocenters. The predicted molar refractivity (Wildman–Crippen MR) is 106 cm³/mol. The van der Waals surface area contributed by atoms with Crippen LogP contribution in [0.5, 0.6) is 5.75 Å². The second kappa shape index (κ2) is 12.6. The number of ether oxygens (including phenoxy) is 1. The summed E-state index contributed by atoms with van der Waals surface area (Å²) in [5.74, 6) is 2.44. The zero-order valence-corrected chi connectivity index (χ0v) is 16.5. The SMILES string of the molecule is CN=C(NCCCCOc1ccc(C)cc1)NCC(C)C.I. The molecular weight excluding hydrogens is 389 g/mol. The molecule has 0 spiro atoms. The van der Waals surface area contributed by atoms with Crippen LogP contribution in [0.1, 0.15) is 32.3 Å². The number of nitrogens with one attached hydrogen (secondary N) is 2. The molecule has 0 bridgehead atoms. The minimum atomic E-state index is 0. The number of guanidine groups is 1. The fraction of sp³-hybridized carbons (Fsp3) is 0.588. The van der Waals surface area contributed by atoms with Crippen molar-refractivity contribution in [3.63, 3.8) is 0 Å². The van der Waals surface area contributed by atoms with Gasteiger partial charge in [0, 0.05) is 20.1 Å². The number of hydrogen-bond donors (Lipinski definition) is 2. The summed E-state index contributed by atoms with van der Waals surface area (Å²) in [7, 11) is 1.80. The first-order valence-electron chi connectivity index (χ1n) is 7.76. The van der Waals surface area contributed by atoms with Crippen molar-refractivity contribution < 1.29 is 4.74 Å². The number of benzene rings is 1. The van der Waals surface area contributed by atoms with Gasteiger partial charge in [-0.15, -0.1) is 24.0 Å². The van der Waals surface area contributed by atoms with Gasteiger partial charge in [-0.1, -0.05) is 31.5 Å². The van der Waals surface area contributed by atoms with E-state index in [9.17, 15) is 0 Å². The monoisotopic (exact) mass is 419 g/mol. The van der Waals surface area contributed by atoms with Gasteiger partial charge < -0.3 is 15.4 Å². The van der Waals surface area contributed by atoms with Crippen LogP contribution >= 0.6 is 24.0 Å².